The highest BCUT2D eigenvalue weighted by Gasteiger charge is 2.31. The number of hydrogen-bond donors (Lipinski definition) is 1. The fraction of sp³-hybridized carbons (Fsp3) is 0.412. The monoisotopic (exact) mass is 429 g/mol. The van der Waals surface area contributed by atoms with Crippen molar-refractivity contribution in [3.8, 4) is 0 Å². The van der Waals surface area contributed by atoms with Gasteiger partial charge in [0.1, 0.15) is 10.7 Å². The van der Waals surface area contributed by atoms with Gasteiger partial charge in [0, 0.05) is 49.5 Å². The number of sulfonamides is 1. The van der Waals surface area contributed by atoms with Gasteiger partial charge in [0.15, 0.2) is 0 Å². The fourth-order valence-corrected chi connectivity index (χ4v) is 5.07. The second-order valence-electron chi connectivity index (χ2n) is 6.19. The van der Waals surface area contributed by atoms with Gasteiger partial charge in [-0.25, -0.2) is 13.4 Å². The van der Waals surface area contributed by atoms with Crippen LogP contribution in [0.2, 0.25) is 10.0 Å². The molecule has 1 aliphatic heterocycles. The van der Waals surface area contributed by atoms with E-state index in [0.717, 1.165) is 18.1 Å². The summed E-state index contributed by atoms with van der Waals surface area (Å²) in [5, 5.41) is 3.68. The minimum absolute atomic E-state index is 0.0337. The number of nitrogens with one attached hydrogen (secondary N) is 1. The van der Waals surface area contributed by atoms with Gasteiger partial charge in [0.05, 0.1) is 5.02 Å². The Morgan fingerprint density at radius 3 is 2.48 bits per heavy atom. The molecule has 0 unspecified atom stereocenters. The van der Waals surface area contributed by atoms with Gasteiger partial charge in [-0.1, -0.05) is 23.2 Å². The third-order valence-corrected chi connectivity index (χ3v) is 6.85. The van der Waals surface area contributed by atoms with Crippen LogP contribution in [0.1, 0.15) is 12.6 Å². The van der Waals surface area contributed by atoms with Crippen LogP contribution in [0.5, 0.6) is 0 Å². The van der Waals surface area contributed by atoms with Gasteiger partial charge in [-0.05, 0) is 32.0 Å². The molecule has 2 aromatic rings. The first-order valence-electron chi connectivity index (χ1n) is 8.61. The number of benzene rings is 1. The lowest BCUT2D eigenvalue weighted by atomic mass is 10.3. The highest BCUT2D eigenvalue weighted by molar-refractivity contribution is 7.89. The van der Waals surface area contributed by atoms with Crippen molar-refractivity contribution < 1.29 is 8.42 Å². The van der Waals surface area contributed by atoms with E-state index in [1.54, 1.807) is 6.07 Å². The van der Waals surface area contributed by atoms with Gasteiger partial charge >= 0.3 is 0 Å². The molecule has 0 atom stereocenters. The van der Waals surface area contributed by atoms with Crippen LogP contribution in [-0.4, -0.2) is 55.4 Å². The van der Waals surface area contributed by atoms with Crippen molar-refractivity contribution in [1.82, 2.24) is 14.3 Å². The van der Waals surface area contributed by atoms with Crippen molar-refractivity contribution in [2.45, 2.75) is 18.7 Å². The largest absolute Gasteiger partial charge is 0.370 e. The maximum atomic E-state index is 12.9. The predicted molar refractivity (Wildman–Crippen MR) is 108 cm³/mol. The van der Waals surface area contributed by atoms with E-state index in [9.17, 15) is 8.42 Å². The molecule has 1 aromatic heterocycles. The van der Waals surface area contributed by atoms with E-state index < -0.39 is 10.0 Å². The number of aryl methyl sites for hydroxylation is 1. The third kappa shape index (κ3) is 4.45. The summed E-state index contributed by atoms with van der Waals surface area (Å²) >= 11 is 12.0. The van der Waals surface area contributed by atoms with Crippen LogP contribution < -0.4 is 10.2 Å². The molecule has 7 nitrogen and oxygen atoms in total. The van der Waals surface area contributed by atoms with E-state index in [1.165, 1.54) is 16.4 Å². The first-order valence-corrected chi connectivity index (χ1v) is 10.8. The number of rotatable bonds is 5. The summed E-state index contributed by atoms with van der Waals surface area (Å²) in [4.78, 5) is 11.0. The van der Waals surface area contributed by atoms with Crippen LogP contribution in [0.25, 0.3) is 0 Å². The number of anilines is 2. The SMILES string of the molecule is CCNc1cc(C)nc(N2CCN(S(=O)(=O)c3cc(Cl)ccc3Cl)CC2)n1. The Morgan fingerprint density at radius 2 is 1.81 bits per heavy atom. The van der Waals surface area contributed by atoms with Gasteiger partial charge in [-0.2, -0.15) is 9.29 Å². The minimum atomic E-state index is -3.71. The maximum absolute atomic E-state index is 12.9. The quantitative estimate of drug-likeness (QED) is 0.786. The molecule has 0 bridgehead atoms. The molecule has 1 aliphatic rings. The Kier molecular flexibility index (Phi) is 6.10. The molecule has 1 N–H and O–H groups in total. The molecular formula is C17H21Cl2N5O2S. The summed E-state index contributed by atoms with van der Waals surface area (Å²) in [6, 6.07) is 6.33. The normalized spacial score (nSPS) is 15.8. The zero-order chi connectivity index (χ0) is 19.6. The highest BCUT2D eigenvalue weighted by atomic mass is 35.5. The van der Waals surface area contributed by atoms with Crippen LogP contribution >= 0.6 is 23.2 Å². The standard InChI is InChI=1S/C17H21Cl2N5O2S/c1-3-20-16-10-12(2)21-17(22-16)23-6-8-24(9-7-23)27(25,26)15-11-13(18)4-5-14(15)19/h4-5,10-11H,3,6-9H2,1-2H3,(H,20,21,22). The summed E-state index contributed by atoms with van der Waals surface area (Å²) < 4.78 is 27.3. The lowest BCUT2D eigenvalue weighted by Gasteiger charge is -2.34. The summed E-state index contributed by atoms with van der Waals surface area (Å²) in [6.07, 6.45) is 0. The van der Waals surface area contributed by atoms with Crippen LogP contribution in [-0.2, 0) is 10.0 Å². The Balaban J connectivity index is 1.76. The van der Waals surface area contributed by atoms with Crippen LogP contribution in [0.3, 0.4) is 0 Å². The molecule has 0 amide bonds. The molecule has 2 heterocycles. The summed E-state index contributed by atoms with van der Waals surface area (Å²) in [5.41, 5.74) is 0.858. The average Bonchev–Trinajstić information content (AvgIpc) is 2.63. The summed E-state index contributed by atoms with van der Waals surface area (Å²) in [6.45, 7) is 6.30. The zero-order valence-electron chi connectivity index (χ0n) is 15.1. The lowest BCUT2D eigenvalue weighted by Crippen LogP contribution is -2.49. The second-order valence-corrected chi connectivity index (χ2v) is 8.94. The molecular weight excluding hydrogens is 409 g/mol. The van der Waals surface area contributed by atoms with Crippen molar-refractivity contribution >= 4 is 45.0 Å². The highest BCUT2D eigenvalue weighted by Crippen LogP contribution is 2.28. The molecule has 0 saturated carbocycles. The van der Waals surface area contributed by atoms with Crippen molar-refractivity contribution in [2.75, 3.05) is 42.9 Å². The molecule has 0 aliphatic carbocycles. The number of aromatic nitrogens is 2. The molecule has 27 heavy (non-hydrogen) atoms. The molecule has 1 saturated heterocycles. The third-order valence-electron chi connectivity index (χ3n) is 4.23. The molecule has 3 rings (SSSR count). The van der Waals surface area contributed by atoms with Gasteiger partial charge in [-0.15, -0.1) is 0 Å². The van der Waals surface area contributed by atoms with Gasteiger partial charge in [0.2, 0.25) is 16.0 Å². The Morgan fingerprint density at radius 1 is 1.11 bits per heavy atom. The molecule has 146 valence electrons. The lowest BCUT2D eigenvalue weighted by molar-refractivity contribution is 0.382. The van der Waals surface area contributed by atoms with Gasteiger partial charge in [0.25, 0.3) is 0 Å². The van der Waals surface area contributed by atoms with E-state index in [4.69, 9.17) is 23.2 Å². The molecule has 0 spiro atoms. The number of halogens is 2. The van der Waals surface area contributed by atoms with E-state index in [0.29, 0.717) is 37.1 Å². The Labute approximate surface area is 169 Å². The minimum Gasteiger partial charge on any atom is -0.370 e. The van der Waals surface area contributed by atoms with Gasteiger partial charge in [-0.3, -0.25) is 0 Å². The average molecular weight is 430 g/mol. The number of hydrogen-bond acceptors (Lipinski definition) is 6. The topological polar surface area (TPSA) is 78.4 Å². The van der Waals surface area contributed by atoms with E-state index in [2.05, 4.69) is 15.3 Å². The second kappa shape index (κ2) is 8.18. The van der Waals surface area contributed by atoms with Crippen LogP contribution in [0.4, 0.5) is 11.8 Å². The van der Waals surface area contributed by atoms with E-state index >= 15 is 0 Å². The van der Waals surface area contributed by atoms with E-state index in [-0.39, 0.29) is 9.92 Å². The Bertz CT molecular complexity index is 931. The van der Waals surface area contributed by atoms with Crippen molar-refractivity contribution in [3.63, 3.8) is 0 Å². The maximum Gasteiger partial charge on any atom is 0.244 e. The molecule has 10 heteroatoms. The summed E-state index contributed by atoms with van der Waals surface area (Å²) in [5.74, 6) is 1.37. The van der Waals surface area contributed by atoms with Crippen LogP contribution in [0.15, 0.2) is 29.2 Å². The molecule has 1 aromatic carbocycles. The fourth-order valence-electron chi connectivity index (χ4n) is 2.91. The Hall–Kier alpha value is -1.61. The number of piperazine rings is 1. The van der Waals surface area contributed by atoms with Crippen molar-refractivity contribution in [1.29, 1.82) is 0 Å². The van der Waals surface area contributed by atoms with Gasteiger partial charge < -0.3 is 10.2 Å². The number of nitrogens with zero attached hydrogens (tertiary/aromatic N) is 4. The molecule has 0 radical (unpaired) electrons. The molecule has 1 fully saturated rings. The predicted octanol–water partition coefficient (Wildman–Crippen LogP) is 3.03. The summed E-state index contributed by atoms with van der Waals surface area (Å²) in [7, 11) is -3.71. The van der Waals surface area contributed by atoms with Crippen LogP contribution in [0, 0.1) is 6.92 Å². The van der Waals surface area contributed by atoms with E-state index in [1.807, 2.05) is 24.8 Å². The zero-order valence-corrected chi connectivity index (χ0v) is 17.4. The van der Waals surface area contributed by atoms with Crippen molar-refractivity contribution in [2.24, 2.45) is 0 Å². The smallest absolute Gasteiger partial charge is 0.244 e. The first-order chi connectivity index (χ1) is 12.8. The van der Waals surface area contributed by atoms with Crippen molar-refractivity contribution in [3.05, 3.63) is 40.0 Å². The first kappa shape index (κ1) is 20.1.